The first-order valence-corrected chi connectivity index (χ1v) is 9.82. The fraction of sp³-hybridized carbons (Fsp3) is 0.391. The van der Waals surface area contributed by atoms with E-state index in [4.69, 9.17) is 4.52 Å². The third-order valence-corrected chi connectivity index (χ3v) is 4.82. The summed E-state index contributed by atoms with van der Waals surface area (Å²) in [5.41, 5.74) is 4.65. The van der Waals surface area contributed by atoms with E-state index in [-0.39, 0.29) is 0 Å². The van der Waals surface area contributed by atoms with E-state index < -0.39 is 0 Å². The summed E-state index contributed by atoms with van der Waals surface area (Å²) in [5, 5.41) is 4.14. The zero-order valence-corrected chi connectivity index (χ0v) is 15.9. The van der Waals surface area contributed by atoms with E-state index in [9.17, 15) is 0 Å². The Kier molecular flexibility index (Phi) is 6.59. The monoisotopic (exact) mass is 348 g/mol. The molecule has 0 amide bonds. The third-order valence-electron chi connectivity index (χ3n) is 4.82. The summed E-state index contributed by atoms with van der Waals surface area (Å²) in [6.45, 7) is 4.40. The molecule has 0 atom stereocenters. The summed E-state index contributed by atoms with van der Waals surface area (Å²) in [6.07, 6.45) is 8.75. The molecule has 3 heteroatoms. The lowest BCUT2D eigenvalue weighted by atomic mass is 10.0. The minimum atomic E-state index is 0.572. The van der Waals surface area contributed by atoms with E-state index in [1.54, 1.807) is 0 Å². The van der Waals surface area contributed by atoms with Gasteiger partial charge in [0.2, 0.25) is 5.82 Å². The van der Waals surface area contributed by atoms with Crippen LogP contribution in [0.2, 0.25) is 0 Å². The molecule has 3 nitrogen and oxygen atoms in total. The van der Waals surface area contributed by atoms with Crippen LogP contribution in [0.5, 0.6) is 0 Å². The Bertz CT molecular complexity index is 788. The molecule has 0 aliphatic carbocycles. The molecule has 1 aromatic heterocycles. The van der Waals surface area contributed by atoms with E-state index >= 15 is 0 Å². The Balaban J connectivity index is 1.61. The molecular weight excluding hydrogens is 320 g/mol. The average Bonchev–Trinajstić information content (AvgIpc) is 3.18. The Labute approximate surface area is 156 Å². The molecule has 2 aromatic carbocycles. The van der Waals surface area contributed by atoms with Gasteiger partial charge in [-0.25, -0.2) is 0 Å². The standard InChI is InChI=1S/C23H28N2O/c1-3-5-6-7-8-9-19-12-14-20(15-13-19)22-24-23(26-25-22)21-16-10-18(4-2)11-17-21/h10-17H,3-9H2,1-2H3. The van der Waals surface area contributed by atoms with E-state index in [1.165, 1.54) is 43.2 Å². The van der Waals surface area contributed by atoms with Gasteiger partial charge >= 0.3 is 0 Å². The molecule has 0 unspecified atom stereocenters. The number of hydrogen-bond acceptors (Lipinski definition) is 3. The largest absolute Gasteiger partial charge is 0.334 e. The molecule has 26 heavy (non-hydrogen) atoms. The van der Waals surface area contributed by atoms with Crippen LogP contribution in [0.25, 0.3) is 22.8 Å². The van der Waals surface area contributed by atoms with E-state index in [0.717, 1.165) is 24.0 Å². The minimum Gasteiger partial charge on any atom is -0.334 e. The maximum atomic E-state index is 5.45. The van der Waals surface area contributed by atoms with Crippen molar-refractivity contribution in [2.75, 3.05) is 0 Å². The van der Waals surface area contributed by atoms with Crippen LogP contribution in [0.3, 0.4) is 0 Å². The van der Waals surface area contributed by atoms with Gasteiger partial charge in [0, 0.05) is 11.1 Å². The fourth-order valence-corrected chi connectivity index (χ4v) is 3.09. The van der Waals surface area contributed by atoms with E-state index in [2.05, 4.69) is 60.4 Å². The number of aryl methyl sites for hydroxylation is 2. The molecule has 0 saturated heterocycles. The highest BCUT2D eigenvalue weighted by Crippen LogP contribution is 2.23. The van der Waals surface area contributed by atoms with Crippen molar-refractivity contribution >= 4 is 0 Å². The maximum Gasteiger partial charge on any atom is 0.258 e. The number of nitrogens with zero attached hydrogens (tertiary/aromatic N) is 2. The van der Waals surface area contributed by atoms with Crippen LogP contribution < -0.4 is 0 Å². The molecule has 0 saturated carbocycles. The molecule has 3 rings (SSSR count). The highest BCUT2D eigenvalue weighted by atomic mass is 16.5. The first-order chi connectivity index (χ1) is 12.8. The van der Waals surface area contributed by atoms with Crippen LogP contribution in [-0.2, 0) is 12.8 Å². The Morgan fingerprint density at radius 2 is 1.38 bits per heavy atom. The molecule has 0 fully saturated rings. The summed E-state index contributed by atoms with van der Waals surface area (Å²) in [4.78, 5) is 4.55. The fourth-order valence-electron chi connectivity index (χ4n) is 3.09. The summed E-state index contributed by atoms with van der Waals surface area (Å²) in [6, 6.07) is 16.8. The van der Waals surface area contributed by atoms with Crippen LogP contribution in [0.15, 0.2) is 53.1 Å². The zero-order valence-electron chi connectivity index (χ0n) is 15.9. The predicted molar refractivity (Wildman–Crippen MR) is 107 cm³/mol. The molecule has 3 aromatic rings. The number of unbranched alkanes of at least 4 members (excludes halogenated alkanes) is 4. The van der Waals surface area contributed by atoms with Crippen molar-refractivity contribution < 1.29 is 4.52 Å². The molecule has 1 heterocycles. The van der Waals surface area contributed by atoms with Gasteiger partial charge in [-0.2, -0.15) is 4.98 Å². The van der Waals surface area contributed by atoms with Crippen molar-refractivity contribution in [3.63, 3.8) is 0 Å². The minimum absolute atomic E-state index is 0.572. The maximum absolute atomic E-state index is 5.45. The van der Waals surface area contributed by atoms with E-state index in [0.29, 0.717) is 11.7 Å². The van der Waals surface area contributed by atoms with Crippen molar-refractivity contribution in [1.29, 1.82) is 0 Å². The van der Waals surface area contributed by atoms with Crippen LogP contribution in [0, 0.1) is 0 Å². The van der Waals surface area contributed by atoms with Crippen LogP contribution in [0.1, 0.15) is 57.1 Å². The summed E-state index contributed by atoms with van der Waals surface area (Å²) in [7, 11) is 0. The number of aromatic nitrogens is 2. The van der Waals surface area contributed by atoms with Crippen LogP contribution in [-0.4, -0.2) is 10.1 Å². The van der Waals surface area contributed by atoms with Crippen molar-refractivity contribution in [2.24, 2.45) is 0 Å². The van der Waals surface area contributed by atoms with Gasteiger partial charge in [-0.15, -0.1) is 0 Å². The van der Waals surface area contributed by atoms with E-state index in [1.807, 2.05) is 12.1 Å². The molecule has 0 aliphatic rings. The number of benzene rings is 2. The molecule has 0 aliphatic heterocycles. The normalized spacial score (nSPS) is 11.0. The summed E-state index contributed by atoms with van der Waals surface area (Å²) in [5.74, 6) is 1.22. The number of hydrogen-bond donors (Lipinski definition) is 0. The molecule has 0 radical (unpaired) electrons. The van der Waals surface area contributed by atoms with Crippen LogP contribution in [0.4, 0.5) is 0 Å². The quantitative estimate of drug-likeness (QED) is 0.415. The van der Waals surface area contributed by atoms with Crippen molar-refractivity contribution in [2.45, 2.75) is 58.8 Å². The Hall–Kier alpha value is -2.42. The highest BCUT2D eigenvalue weighted by molar-refractivity contribution is 5.60. The first kappa shape index (κ1) is 18.4. The average molecular weight is 348 g/mol. The van der Waals surface area contributed by atoms with Gasteiger partial charge < -0.3 is 4.52 Å². The third kappa shape index (κ3) is 4.81. The first-order valence-electron chi connectivity index (χ1n) is 9.82. The molecule has 0 spiro atoms. The number of rotatable bonds is 9. The lowest BCUT2D eigenvalue weighted by Crippen LogP contribution is -1.87. The molecular formula is C23H28N2O. The van der Waals surface area contributed by atoms with Gasteiger partial charge in [-0.05, 0) is 42.5 Å². The molecule has 0 bridgehead atoms. The highest BCUT2D eigenvalue weighted by Gasteiger charge is 2.10. The molecule has 0 N–H and O–H groups in total. The Morgan fingerprint density at radius 3 is 2.08 bits per heavy atom. The lowest BCUT2D eigenvalue weighted by molar-refractivity contribution is 0.432. The smallest absolute Gasteiger partial charge is 0.258 e. The van der Waals surface area contributed by atoms with Gasteiger partial charge in [0.25, 0.3) is 5.89 Å². The van der Waals surface area contributed by atoms with Gasteiger partial charge in [-0.1, -0.05) is 81.1 Å². The topological polar surface area (TPSA) is 38.9 Å². The second-order valence-electron chi connectivity index (χ2n) is 6.83. The van der Waals surface area contributed by atoms with Gasteiger partial charge in [0.05, 0.1) is 0 Å². The van der Waals surface area contributed by atoms with Gasteiger partial charge in [0.15, 0.2) is 0 Å². The van der Waals surface area contributed by atoms with Crippen LogP contribution >= 0.6 is 0 Å². The van der Waals surface area contributed by atoms with Gasteiger partial charge in [-0.3, -0.25) is 0 Å². The second-order valence-corrected chi connectivity index (χ2v) is 6.83. The van der Waals surface area contributed by atoms with Crippen molar-refractivity contribution in [3.05, 3.63) is 59.7 Å². The molecule has 136 valence electrons. The lowest BCUT2D eigenvalue weighted by Gasteiger charge is -2.02. The second kappa shape index (κ2) is 9.33. The summed E-state index contributed by atoms with van der Waals surface area (Å²) >= 11 is 0. The van der Waals surface area contributed by atoms with Gasteiger partial charge in [0.1, 0.15) is 0 Å². The summed E-state index contributed by atoms with van der Waals surface area (Å²) < 4.78 is 5.45. The zero-order chi connectivity index (χ0) is 18.2. The van der Waals surface area contributed by atoms with Crippen molar-refractivity contribution in [3.8, 4) is 22.8 Å². The SMILES string of the molecule is CCCCCCCc1ccc(-c2noc(-c3ccc(CC)cc3)n2)cc1. The Morgan fingerprint density at radius 1 is 0.731 bits per heavy atom. The van der Waals surface area contributed by atoms with Crippen molar-refractivity contribution in [1.82, 2.24) is 10.1 Å². The predicted octanol–water partition coefficient (Wildman–Crippen LogP) is 6.48.